The molecule has 0 atom stereocenters. The molecule has 0 radical (unpaired) electrons. The van der Waals surface area contributed by atoms with Crippen molar-refractivity contribution in [2.24, 2.45) is 0 Å². The van der Waals surface area contributed by atoms with Crippen LogP contribution in [0.25, 0.3) is 5.69 Å². The molecule has 0 bridgehead atoms. The van der Waals surface area contributed by atoms with Gasteiger partial charge in [0.05, 0.1) is 36.2 Å². The Balaban J connectivity index is 1.54. The zero-order chi connectivity index (χ0) is 16.7. The Labute approximate surface area is 140 Å². The van der Waals surface area contributed by atoms with Crippen LogP contribution in [-0.4, -0.2) is 30.8 Å². The maximum atomic E-state index is 12.7. The third-order valence-corrected chi connectivity index (χ3v) is 4.62. The van der Waals surface area contributed by atoms with Crippen molar-refractivity contribution in [1.82, 2.24) is 24.9 Å². The van der Waals surface area contributed by atoms with E-state index in [0.29, 0.717) is 19.5 Å². The summed E-state index contributed by atoms with van der Waals surface area (Å²) >= 11 is 0. The number of carbonyl (C=O) groups is 1. The van der Waals surface area contributed by atoms with Crippen LogP contribution in [-0.2, 0) is 24.3 Å². The van der Waals surface area contributed by atoms with Gasteiger partial charge < -0.3 is 4.90 Å². The normalized spacial score (nSPS) is 13.3. The molecule has 6 nitrogen and oxygen atoms in total. The van der Waals surface area contributed by atoms with Crippen LogP contribution in [0.15, 0.2) is 36.5 Å². The monoisotopic (exact) mass is 321 g/mol. The molecule has 1 aliphatic rings. The van der Waals surface area contributed by atoms with E-state index in [0.717, 1.165) is 33.9 Å². The van der Waals surface area contributed by atoms with E-state index in [1.54, 1.807) is 0 Å². The summed E-state index contributed by atoms with van der Waals surface area (Å²) in [5.74, 6) is 0.124. The number of rotatable bonds is 3. The van der Waals surface area contributed by atoms with Crippen molar-refractivity contribution in [1.29, 1.82) is 0 Å². The molecule has 2 aromatic heterocycles. The van der Waals surface area contributed by atoms with Crippen LogP contribution in [0.3, 0.4) is 0 Å². The van der Waals surface area contributed by atoms with Crippen molar-refractivity contribution in [3.63, 3.8) is 0 Å². The van der Waals surface area contributed by atoms with Crippen LogP contribution in [0.1, 0.15) is 28.2 Å². The van der Waals surface area contributed by atoms with Crippen LogP contribution in [0, 0.1) is 13.8 Å². The van der Waals surface area contributed by atoms with Gasteiger partial charge in [0.2, 0.25) is 5.91 Å². The number of benzene rings is 1. The van der Waals surface area contributed by atoms with Crippen molar-refractivity contribution < 1.29 is 4.79 Å². The van der Waals surface area contributed by atoms with Gasteiger partial charge in [0, 0.05) is 23.4 Å². The van der Waals surface area contributed by atoms with E-state index in [2.05, 4.69) is 15.3 Å². The van der Waals surface area contributed by atoms with Gasteiger partial charge in [0.1, 0.15) is 0 Å². The Morgan fingerprint density at radius 1 is 1.21 bits per heavy atom. The number of carbonyl (C=O) groups excluding carboxylic acids is 1. The predicted octanol–water partition coefficient (Wildman–Crippen LogP) is 2.30. The first kappa shape index (κ1) is 14.7. The molecule has 3 heterocycles. The first-order chi connectivity index (χ1) is 11.6. The van der Waals surface area contributed by atoms with Crippen LogP contribution >= 0.6 is 0 Å². The summed E-state index contributed by atoms with van der Waals surface area (Å²) in [5, 5.41) is 11.6. The molecule has 24 heavy (non-hydrogen) atoms. The minimum atomic E-state index is 0.124. The Morgan fingerprint density at radius 3 is 2.71 bits per heavy atom. The van der Waals surface area contributed by atoms with Crippen molar-refractivity contribution in [3.05, 3.63) is 64.7 Å². The highest BCUT2D eigenvalue weighted by atomic mass is 16.2. The lowest BCUT2D eigenvalue weighted by Crippen LogP contribution is -2.28. The smallest absolute Gasteiger partial charge is 0.227 e. The molecule has 122 valence electrons. The average Bonchev–Trinajstić information content (AvgIpc) is 3.25. The number of para-hydroxylation sites is 1. The van der Waals surface area contributed by atoms with Crippen LogP contribution in [0.5, 0.6) is 0 Å². The number of amides is 1. The van der Waals surface area contributed by atoms with E-state index in [9.17, 15) is 4.79 Å². The van der Waals surface area contributed by atoms with Crippen molar-refractivity contribution in [3.8, 4) is 5.69 Å². The average molecular weight is 321 g/mol. The van der Waals surface area contributed by atoms with E-state index < -0.39 is 0 Å². The van der Waals surface area contributed by atoms with Gasteiger partial charge >= 0.3 is 0 Å². The quantitative estimate of drug-likeness (QED) is 0.805. The van der Waals surface area contributed by atoms with Crippen molar-refractivity contribution >= 4 is 5.91 Å². The minimum absolute atomic E-state index is 0.124. The molecular weight excluding hydrogens is 302 g/mol. The number of hydrogen-bond acceptors (Lipinski definition) is 3. The molecular formula is C18H19N5O. The highest BCUT2D eigenvalue weighted by Crippen LogP contribution is 2.26. The highest BCUT2D eigenvalue weighted by Gasteiger charge is 2.28. The number of nitrogens with zero attached hydrogens (tertiary/aromatic N) is 4. The minimum Gasteiger partial charge on any atom is -0.332 e. The summed E-state index contributed by atoms with van der Waals surface area (Å²) in [4.78, 5) is 14.6. The van der Waals surface area contributed by atoms with Gasteiger partial charge in [-0.3, -0.25) is 9.89 Å². The summed E-state index contributed by atoms with van der Waals surface area (Å²) in [6, 6.07) is 10.0. The second kappa shape index (κ2) is 5.63. The molecule has 1 aromatic carbocycles. The first-order valence-electron chi connectivity index (χ1n) is 8.03. The van der Waals surface area contributed by atoms with E-state index in [1.165, 1.54) is 0 Å². The Kier molecular flexibility index (Phi) is 3.45. The molecule has 0 saturated carbocycles. The Hall–Kier alpha value is -2.89. The SMILES string of the molecule is Cc1n[nH]c(C)c1CC(=O)N1Cc2cnn(-c3ccccc3)c2C1. The van der Waals surface area contributed by atoms with Crippen LogP contribution in [0.4, 0.5) is 0 Å². The van der Waals surface area contributed by atoms with E-state index in [4.69, 9.17) is 0 Å². The predicted molar refractivity (Wildman–Crippen MR) is 89.6 cm³/mol. The summed E-state index contributed by atoms with van der Waals surface area (Å²) in [5.41, 5.74) is 6.10. The fourth-order valence-electron chi connectivity index (χ4n) is 3.22. The zero-order valence-electron chi connectivity index (χ0n) is 13.8. The lowest BCUT2D eigenvalue weighted by atomic mass is 10.1. The molecule has 0 spiro atoms. The summed E-state index contributed by atoms with van der Waals surface area (Å²) < 4.78 is 1.93. The molecule has 0 aliphatic carbocycles. The summed E-state index contributed by atoms with van der Waals surface area (Å²) in [6.45, 7) is 5.10. The lowest BCUT2D eigenvalue weighted by molar-refractivity contribution is -0.131. The van der Waals surface area contributed by atoms with E-state index >= 15 is 0 Å². The van der Waals surface area contributed by atoms with Gasteiger partial charge in [-0.15, -0.1) is 0 Å². The van der Waals surface area contributed by atoms with E-state index in [-0.39, 0.29) is 5.91 Å². The van der Waals surface area contributed by atoms with Crippen LogP contribution in [0.2, 0.25) is 0 Å². The highest BCUT2D eigenvalue weighted by molar-refractivity contribution is 5.80. The number of hydrogen-bond donors (Lipinski definition) is 1. The number of fused-ring (bicyclic) bond motifs is 1. The number of H-pyrrole nitrogens is 1. The third-order valence-electron chi connectivity index (χ3n) is 4.62. The van der Waals surface area contributed by atoms with Gasteiger partial charge in [-0.05, 0) is 26.0 Å². The van der Waals surface area contributed by atoms with Gasteiger partial charge in [-0.1, -0.05) is 18.2 Å². The van der Waals surface area contributed by atoms with Crippen LogP contribution < -0.4 is 0 Å². The number of nitrogens with one attached hydrogen (secondary N) is 1. The molecule has 4 rings (SSSR count). The van der Waals surface area contributed by atoms with Gasteiger partial charge in [-0.2, -0.15) is 10.2 Å². The third kappa shape index (κ3) is 2.40. The maximum absolute atomic E-state index is 12.7. The molecule has 0 unspecified atom stereocenters. The molecule has 1 aliphatic heterocycles. The lowest BCUT2D eigenvalue weighted by Gasteiger charge is -2.16. The fourth-order valence-corrected chi connectivity index (χ4v) is 3.22. The molecule has 3 aromatic rings. The van der Waals surface area contributed by atoms with Gasteiger partial charge in [0.15, 0.2) is 0 Å². The summed E-state index contributed by atoms with van der Waals surface area (Å²) in [6.07, 6.45) is 2.25. The topological polar surface area (TPSA) is 66.8 Å². The van der Waals surface area contributed by atoms with Gasteiger partial charge in [-0.25, -0.2) is 4.68 Å². The maximum Gasteiger partial charge on any atom is 0.227 e. The largest absolute Gasteiger partial charge is 0.332 e. The summed E-state index contributed by atoms with van der Waals surface area (Å²) in [7, 11) is 0. The second-order valence-electron chi connectivity index (χ2n) is 6.20. The molecule has 0 saturated heterocycles. The number of aromatic amines is 1. The number of aryl methyl sites for hydroxylation is 2. The van der Waals surface area contributed by atoms with Crippen molar-refractivity contribution in [2.45, 2.75) is 33.4 Å². The molecule has 1 amide bonds. The fraction of sp³-hybridized carbons (Fsp3) is 0.278. The molecule has 1 N–H and O–H groups in total. The molecule has 6 heteroatoms. The van der Waals surface area contributed by atoms with Gasteiger partial charge in [0.25, 0.3) is 0 Å². The standard InChI is InChI=1S/C18H19N5O/c1-12-16(13(2)21-20-12)8-18(24)22-10-14-9-19-23(17(14)11-22)15-6-4-3-5-7-15/h3-7,9H,8,10-11H2,1-2H3,(H,20,21). The second-order valence-corrected chi connectivity index (χ2v) is 6.20. The Morgan fingerprint density at radius 2 is 2.00 bits per heavy atom. The van der Waals surface area contributed by atoms with Crippen molar-refractivity contribution in [2.75, 3.05) is 0 Å². The zero-order valence-corrected chi connectivity index (χ0v) is 13.8. The van der Waals surface area contributed by atoms with E-state index in [1.807, 2.05) is 60.0 Å². The molecule has 0 fully saturated rings. The first-order valence-corrected chi connectivity index (χ1v) is 8.03. The number of aromatic nitrogens is 4. The Bertz CT molecular complexity index is 874.